The molecule has 0 aliphatic carbocycles. The molecule has 0 spiro atoms. The fourth-order valence-electron chi connectivity index (χ4n) is 1.05. The molecule has 1 unspecified atom stereocenters. The molecular formula is C12H21NOS. The van der Waals surface area contributed by atoms with Crippen molar-refractivity contribution in [2.24, 2.45) is 5.14 Å². The minimum atomic E-state index is -1.33. The molecule has 0 saturated heterocycles. The third kappa shape index (κ3) is 8.33. The zero-order chi connectivity index (χ0) is 11.5. The highest BCUT2D eigenvalue weighted by molar-refractivity contribution is 7.82. The molecule has 0 fully saturated rings. The molecule has 86 valence electrons. The highest BCUT2D eigenvalue weighted by Crippen LogP contribution is 1.99. The van der Waals surface area contributed by atoms with E-state index in [4.69, 9.17) is 5.14 Å². The van der Waals surface area contributed by atoms with Crippen molar-refractivity contribution in [3.8, 4) is 0 Å². The van der Waals surface area contributed by atoms with Gasteiger partial charge in [0.15, 0.2) is 0 Å². The van der Waals surface area contributed by atoms with Gasteiger partial charge in [0.05, 0.1) is 4.90 Å². The van der Waals surface area contributed by atoms with Crippen LogP contribution in [-0.2, 0) is 11.0 Å². The van der Waals surface area contributed by atoms with E-state index in [-0.39, 0.29) is 0 Å². The Morgan fingerprint density at radius 2 is 1.53 bits per heavy atom. The summed E-state index contributed by atoms with van der Waals surface area (Å²) in [5.41, 5.74) is 0. The van der Waals surface area contributed by atoms with Crippen LogP contribution in [-0.4, -0.2) is 4.21 Å². The third-order valence-electron chi connectivity index (χ3n) is 1.93. The van der Waals surface area contributed by atoms with Crippen LogP contribution in [0.1, 0.15) is 39.5 Å². The van der Waals surface area contributed by atoms with E-state index in [1.165, 1.54) is 25.7 Å². The maximum absolute atomic E-state index is 10.5. The van der Waals surface area contributed by atoms with Crippen LogP contribution in [0.2, 0.25) is 0 Å². The highest BCUT2D eigenvalue weighted by Gasteiger charge is 1.91. The summed E-state index contributed by atoms with van der Waals surface area (Å²) in [6.45, 7) is 4.46. The van der Waals surface area contributed by atoms with Crippen LogP contribution >= 0.6 is 0 Å². The average Bonchev–Trinajstić information content (AvgIpc) is 2.28. The predicted octanol–water partition coefficient (Wildman–Crippen LogP) is 3.25. The van der Waals surface area contributed by atoms with Crippen molar-refractivity contribution < 1.29 is 4.21 Å². The van der Waals surface area contributed by atoms with Crippen molar-refractivity contribution in [3.63, 3.8) is 0 Å². The Labute approximate surface area is 95.5 Å². The van der Waals surface area contributed by atoms with E-state index in [1.807, 2.05) is 6.07 Å². The highest BCUT2D eigenvalue weighted by atomic mass is 32.2. The van der Waals surface area contributed by atoms with Crippen molar-refractivity contribution in [2.75, 3.05) is 0 Å². The topological polar surface area (TPSA) is 43.1 Å². The molecular weight excluding hydrogens is 206 g/mol. The molecule has 1 rings (SSSR count). The van der Waals surface area contributed by atoms with E-state index < -0.39 is 11.0 Å². The molecule has 1 aromatic carbocycles. The lowest BCUT2D eigenvalue weighted by atomic mass is 10.2. The van der Waals surface area contributed by atoms with Gasteiger partial charge in [-0.25, -0.2) is 9.35 Å². The lowest BCUT2D eigenvalue weighted by Gasteiger charge is -1.90. The normalized spacial score (nSPS) is 11.4. The van der Waals surface area contributed by atoms with E-state index in [2.05, 4.69) is 13.8 Å². The third-order valence-corrected chi connectivity index (χ3v) is 2.67. The Morgan fingerprint density at radius 3 is 1.80 bits per heavy atom. The van der Waals surface area contributed by atoms with E-state index in [0.29, 0.717) is 4.90 Å². The van der Waals surface area contributed by atoms with Crippen molar-refractivity contribution in [1.29, 1.82) is 0 Å². The predicted molar refractivity (Wildman–Crippen MR) is 66.9 cm³/mol. The SMILES string of the molecule is CCCCCC.NS(=O)c1ccccc1. The van der Waals surface area contributed by atoms with Crippen LogP contribution in [0.5, 0.6) is 0 Å². The summed E-state index contributed by atoms with van der Waals surface area (Å²) < 4.78 is 10.5. The van der Waals surface area contributed by atoms with Gasteiger partial charge in [-0.2, -0.15) is 0 Å². The van der Waals surface area contributed by atoms with Gasteiger partial charge in [0.25, 0.3) is 0 Å². The van der Waals surface area contributed by atoms with Crippen molar-refractivity contribution >= 4 is 11.0 Å². The van der Waals surface area contributed by atoms with Gasteiger partial charge in [-0.1, -0.05) is 57.7 Å². The summed E-state index contributed by atoms with van der Waals surface area (Å²) in [6, 6.07) is 8.93. The van der Waals surface area contributed by atoms with E-state index in [9.17, 15) is 4.21 Å². The van der Waals surface area contributed by atoms with E-state index in [1.54, 1.807) is 24.3 Å². The Balaban J connectivity index is 0.000000288. The molecule has 1 atom stereocenters. The monoisotopic (exact) mass is 227 g/mol. The Bertz CT molecular complexity index is 258. The molecule has 0 aliphatic rings. The van der Waals surface area contributed by atoms with Gasteiger partial charge in [-0.05, 0) is 12.1 Å². The van der Waals surface area contributed by atoms with Crippen LogP contribution in [0.15, 0.2) is 35.2 Å². The van der Waals surface area contributed by atoms with Crippen LogP contribution < -0.4 is 5.14 Å². The molecule has 2 nitrogen and oxygen atoms in total. The van der Waals surface area contributed by atoms with Crippen molar-refractivity contribution in [3.05, 3.63) is 30.3 Å². The van der Waals surface area contributed by atoms with Gasteiger partial charge >= 0.3 is 0 Å². The lowest BCUT2D eigenvalue weighted by Crippen LogP contribution is -2.01. The average molecular weight is 227 g/mol. The quantitative estimate of drug-likeness (QED) is 0.788. The molecule has 0 radical (unpaired) electrons. The number of unbranched alkanes of at least 4 members (excludes halogenated alkanes) is 3. The second-order valence-corrected chi connectivity index (χ2v) is 4.38. The number of rotatable bonds is 4. The van der Waals surface area contributed by atoms with Gasteiger partial charge in [0, 0.05) is 0 Å². The molecule has 0 amide bonds. The second kappa shape index (κ2) is 9.87. The summed E-state index contributed by atoms with van der Waals surface area (Å²) in [4.78, 5) is 0.664. The smallest absolute Gasteiger partial charge is 0.122 e. The van der Waals surface area contributed by atoms with E-state index >= 15 is 0 Å². The van der Waals surface area contributed by atoms with Gasteiger partial charge in [0.2, 0.25) is 0 Å². The number of benzene rings is 1. The maximum Gasteiger partial charge on any atom is 0.122 e. The standard InChI is InChI=1S/C6H7NOS.C6H14/c7-9(8)6-4-2-1-3-5-6;1-3-5-6-4-2/h1-5H,7H2;3-6H2,1-2H3. The molecule has 0 saturated carbocycles. The van der Waals surface area contributed by atoms with Gasteiger partial charge < -0.3 is 0 Å². The summed E-state index contributed by atoms with van der Waals surface area (Å²) in [5, 5.41) is 5.09. The van der Waals surface area contributed by atoms with E-state index in [0.717, 1.165) is 0 Å². The van der Waals surface area contributed by atoms with Crippen molar-refractivity contribution in [2.45, 2.75) is 44.4 Å². The van der Waals surface area contributed by atoms with Crippen LogP contribution in [0.25, 0.3) is 0 Å². The summed E-state index contributed by atoms with van der Waals surface area (Å²) >= 11 is 0. The minimum Gasteiger partial charge on any atom is -0.248 e. The van der Waals surface area contributed by atoms with Gasteiger partial charge in [0.1, 0.15) is 11.0 Å². The summed E-state index contributed by atoms with van der Waals surface area (Å²) in [5.74, 6) is 0. The first-order valence-corrected chi connectivity index (χ1v) is 6.64. The molecule has 15 heavy (non-hydrogen) atoms. The minimum absolute atomic E-state index is 0.664. The molecule has 3 heteroatoms. The molecule has 0 heterocycles. The number of hydrogen-bond acceptors (Lipinski definition) is 1. The Morgan fingerprint density at radius 1 is 1.07 bits per heavy atom. The first kappa shape index (κ1) is 14.3. The second-order valence-electron chi connectivity index (χ2n) is 3.32. The molecule has 0 bridgehead atoms. The number of nitrogens with two attached hydrogens (primary N) is 1. The molecule has 1 aromatic rings. The summed E-state index contributed by atoms with van der Waals surface area (Å²) in [7, 11) is -1.33. The lowest BCUT2D eigenvalue weighted by molar-refractivity contribution is 0.684. The number of hydrogen-bond donors (Lipinski definition) is 1. The van der Waals surface area contributed by atoms with Crippen molar-refractivity contribution in [1.82, 2.24) is 0 Å². The first-order chi connectivity index (χ1) is 7.22. The summed E-state index contributed by atoms with van der Waals surface area (Å²) in [6.07, 6.45) is 5.54. The largest absolute Gasteiger partial charge is 0.248 e. The van der Waals surface area contributed by atoms with Crippen LogP contribution in [0.3, 0.4) is 0 Å². The first-order valence-electron chi connectivity index (χ1n) is 5.43. The maximum atomic E-state index is 10.5. The van der Waals surface area contributed by atoms with Gasteiger partial charge in [-0.3, -0.25) is 0 Å². The van der Waals surface area contributed by atoms with Crippen LogP contribution in [0.4, 0.5) is 0 Å². The molecule has 2 N–H and O–H groups in total. The fourth-order valence-corrected chi connectivity index (χ4v) is 1.48. The van der Waals surface area contributed by atoms with Crippen LogP contribution in [0, 0.1) is 0 Å². The Hall–Kier alpha value is -0.670. The zero-order valence-corrected chi connectivity index (χ0v) is 10.4. The molecule has 0 aliphatic heterocycles. The van der Waals surface area contributed by atoms with Gasteiger partial charge in [-0.15, -0.1) is 0 Å². The molecule has 0 aromatic heterocycles. The zero-order valence-electron chi connectivity index (χ0n) is 9.61. The fraction of sp³-hybridized carbons (Fsp3) is 0.500. The Kier molecular flexibility index (Phi) is 9.43.